The molecular weight excluding hydrogens is 390 g/mol. The number of aromatic nitrogens is 1. The minimum atomic E-state index is -1.03. The summed E-state index contributed by atoms with van der Waals surface area (Å²) in [5, 5.41) is 12.6. The van der Waals surface area contributed by atoms with Crippen molar-refractivity contribution < 1.29 is 14.3 Å². The molecule has 3 aromatic rings. The van der Waals surface area contributed by atoms with E-state index in [4.69, 9.17) is 9.72 Å². The van der Waals surface area contributed by atoms with Gasteiger partial charge in [0.15, 0.2) is 6.10 Å². The second-order valence-electron chi connectivity index (χ2n) is 7.97. The lowest BCUT2D eigenvalue weighted by atomic mass is 9.84. The van der Waals surface area contributed by atoms with Crippen LogP contribution in [-0.2, 0) is 22.4 Å². The lowest BCUT2D eigenvalue weighted by Gasteiger charge is -2.24. The quantitative estimate of drug-likeness (QED) is 0.640. The Kier molecular flexibility index (Phi) is 5.68. The summed E-state index contributed by atoms with van der Waals surface area (Å²) in [6.07, 6.45) is 1.59. The van der Waals surface area contributed by atoms with Crippen molar-refractivity contribution in [2.45, 2.75) is 39.2 Å². The van der Waals surface area contributed by atoms with E-state index in [-0.39, 0.29) is 0 Å². The van der Waals surface area contributed by atoms with Crippen LogP contribution in [0.5, 0.6) is 0 Å². The van der Waals surface area contributed by atoms with Crippen LogP contribution in [0.4, 0.5) is 5.69 Å². The maximum atomic E-state index is 13.2. The summed E-state index contributed by atoms with van der Waals surface area (Å²) in [6, 6.07) is 16.3. The number of benzene rings is 2. The van der Waals surface area contributed by atoms with Crippen LogP contribution in [-0.4, -0.2) is 23.0 Å². The molecule has 0 saturated heterocycles. The van der Waals surface area contributed by atoms with Gasteiger partial charge < -0.3 is 10.1 Å². The van der Waals surface area contributed by atoms with E-state index in [9.17, 15) is 14.9 Å². The monoisotopic (exact) mass is 413 g/mol. The average Bonchev–Trinajstić information content (AvgIpc) is 2.77. The van der Waals surface area contributed by atoms with E-state index in [2.05, 4.69) is 12.2 Å². The van der Waals surface area contributed by atoms with Gasteiger partial charge in [-0.3, -0.25) is 9.78 Å². The van der Waals surface area contributed by atoms with Gasteiger partial charge in [0.2, 0.25) is 0 Å². The maximum absolute atomic E-state index is 13.2. The number of nitrogens with zero attached hydrogens (tertiary/aromatic N) is 2. The van der Waals surface area contributed by atoms with Crippen LogP contribution in [0.15, 0.2) is 48.5 Å². The number of pyridine rings is 1. The van der Waals surface area contributed by atoms with E-state index in [0.29, 0.717) is 22.7 Å². The maximum Gasteiger partial charge on any atom is 0.339 e. The van der Waals surface area contributed by atoms with E-state index in [1.54, 1.807) is 24.3 Å². The summed E-state index contributed by atoms with van der Waals surface area (Å²) in [5.74, 6) is -0.568. The third kappa shape index (κ3) is 4.13. The Morgan fingerprint density at radius 2 is 1.94 bits per heavy atom. The number of fused-ring (bicyclic) bond motifs is 2. The zero-order chi connectivity index (χ0) is 22.0. The number of para-hydroxylation sites is 2. The van der Waals surface area contributed by atoms with Gasteiger partial charge in [-0.1, -0.05) is 37.3 Å². The first-order valence-corrected chi connectivity index (χ1v) is 10.4. The number of nitriles is 1. The predicted molar refractivity (Wildman–Crippen MR) is 118 cm³/mol. The van der Waals surface area contributed by atoms with Crippen LogP contribution < -0.4 is 5.32 Å². The molecule has 6 heteroatoms. The van der Waals surface area contributed by atoms with Gasteiger partial charge in [0.1, 0.15) is 6.07 Å². The lowest BCUT2D eigenvalue weighted by Crippen LogP contribution is -2.31. The number of anilines is 1. The van der Waals surface area contributed by atoms with Crippen molar-refractivity contribution in [3.05, 3.63) is 70.9 Å². The molecule has 4 rings (SSSR count). The molecule has 156 valence electrons. The highest BCUT2D eigenvalue weighted by atomic mass is 16.5. The summed E-state index contributed by atoms with van der Waals surface area (Å²) >= 11 is 0. The fourth-order valence-electron chi connectivity index (χ4n) is 3.99. The molecule has 0 spiro atoms. The van der Waals surface area contributed by atoms with Crippen molar-refractivity contribution in [1.82, 2.24) is 4.98 Å². The third-order valence-corrected chi connectivity index (χ3v) is 5.67. The second-order valence-corrected chi connectivity index (χ2v) is 7.97. The lowest BCUT2D eigenvalue weighted by molar-refractivity contribution is -0.123. The number of hydrogen-bond acceptors (Lipinski definition) is 5. The Labute approximate surface area is 180 Å². The van der Waals surface area contributed by atoms with Crippen LogP contribution in [0.3, 0.4) is 0 Å². The number of carbonyl (C=O) groups excluding carboxylic acids is 2. The topological polar surface area (TPSA) is 92.1 Å². The van der Waals surface area contributed by atoms with Gasteiger partial charge in [-0.05, 0) is 55.9 Å². The van der Waals surface area contributed by atoms with Gasteiger partial charge in [-0.25, -0.2) is 4.79 Å². The third-order valence-electron chi connectivity index (χ3n) is 5.67. The van der Waals surface area contributed by atoms with Crippen molar-refractivity contribution >= 4 is 28.5 Å². The van der Waals surface area contributed by atoms with Crippen molar-refractivity contribution in [1.29, 1.82) is 5.26 Å². The fraction of sp³-hybridized carbons (Fsp3) is 0.280. The first-order valence-electron chi connectivity index (χ1n) is 10.4. The molecule has 0 radical (unpaired) electrons. The smallest absolute Gasteiger partial charge is 0.339 e. The van der Waals surface area contributed by atoms with E-state index in [0.717, 1.165) is 41.4 Å². The number of esters is 1. The molecule has 0 aliphatic heterocycles. The van der Waals surface area contributed by atoms with Crippen molar-refractivity contribution in [2.24, 2.45) is 5.92 Å². The van der Waals surface area contributed by atoms with Gasteiger partial charge in [0, 0.05) is 11.1 Å². The van der Waals surface area contributed by atoms with Crippen molar-refractivity contribution in [3.8, 4) is 6.07 Å². The molecule has 1 aliphatic carbocycles. The normalized spacial score (nSPS) is 16.1. The van der Waals surface area contributed by atoms with E-state index < -0.39 is 18.0 Å². The van der Waals surface area contributed by atoms with Gasteiger partial charge >= 0.3 is 5.97 Å². The standard InChI is InChI=1S/C25H23N3O3/c1-15-11-12-22-19(13-15)23(18-8-4-6-10-21(18)27-22)25(30)31-16(2)24(29)28-20-9-5-3-7-17(20)14-26/h3-10,15-16H,11-13H2,1-2H3,(H,28,29)/t15-,16+/m0/s1. The minimum absolute atomic E-state index is 0.345. The van der Waals surface area contributed by atoms with Crippen LogP contribution in [0.2, 0.25) is 0 Å². The van der Waals surface area contributed by atoms with Crippen LogP contribution in [0, 0.1) is 17.2 Å². The molecule has 0 saturated carbocycles. The van der Waals surface area contributed by atoms with E-state index in [1.807, 2.05) is 30.3 Å². The zero-order valence-corrected chi connectivity index (χ0v) is 17.5. The highest BCUT2D eigenvalue weighted by Gasteiger charge is 2.28. The van der Waals surface area contributed by atoms with Gasteiger partial charge in [-0.15, -0.1) is 0 Å². The molecule has 0 fully saturated rings. The first kappa shape index (κ1) is 20.5. The summed E-state index contributed by atoms with van der Waals surface area (Å²) in [7, 11) is 0. The first-order chi connectivity index (χ1) is 15.0. The average molecular weight is 413 g/mol. The second kappa shape index (κ2) is 8.57. The number of nitrogens with one attached hydrogen (secondary N) is 1. The summed E-state index contributed by atoms with van der Waals surface area (Å²) in [5.41, 5.74) is 3.84. The van der Waals surface area contributed by atoms with E-state index in [1.165, 1.54) is 6.92 Å². The molecule has 2 aromatic carbocycles. The zero-order valence-electron chi connectivity index (χ0n) is 17.5. The highest BCUT2D eigenvalue weighted by Crippen LogP contribution is 2.32. The highest BCUT2D eigenvalue weighted by molar-refractivity contribution is 6.06. The van der Waals surface area contributed by atoms with Gasteiger partial charge in [0.05, 0.1) is 22.3 Å². The Bertz CT molecular complexity index is 1210. The Morgan fingerprint density at radius 1 is 1.19 bits per heavy atom. The summed E-state index contributed by atoms with van der Waals surface area (Å²) in [6.45, 7) is 3.69. The SMILES string of the molecule is C[C@H]1CCc2nc3ccccc3c(C(=O)O[C@H](C)C(=O)Nc3ccccc3C#N)c2C1. The molecular formula is C25H23N3O3. The van der Waals surface area contributed by atoms with Crippen LogP contribution in [0.1, 0.15) is 47.4 Å². The number of rotatable bonds is 4. The molecule has 1 aromatic heterocycles. The Morgan fingerprint density at radius 3 is 2.74 bits per heavy atom. The Balaban J connectivity index is 1.62. The van der Waals surface area contributed by atoms with Crippen LogP contribution in [0.25, 0.3) is 10.9 Å². The number of hydrogen-bond donors (Lipinski definition) is 1. The van der Waals surface area contributed by atoms with E-state index >= 15 is 0 Å². The molecule has 6 nitrogen and oxygen atoms in total. The molecule has 0 unspecified atom stereocenters. The van der Waals surface area contributed by atoms with Crippen LogP contribution >= 0.6 is 0 Å². The van der Waals surface area contributed by atoms with Crippen molar-refractivity contribution in [3.63, 3.8) is 0 Å². The van der Waals surface area contributed by atoms with Gasteiger partial charge in [-0.2, -0.15) is 5.26 Å². The molecule has 1 heterocycles. The largest absolute Gasteiger partial charge is 0.449 e. The minimum Gasteiger partial charge on any atom is -0.449 e. The number of carbonyl (C=O) groups is 2. The number of ether oxygens (including phenoxy) is 1. The van der Waals surface area contributed by atoms with Gasteiger partial charge in [0.25, 0.3) is 5.91 Å². The molecule has 2 atom stereocenters. The number of amides is 1. The van der Waals surface area contributed by atoms with Crippen molar-refractivity contribution in [2.75, 3.05) is 5.32 Å². The molecule has 1 N–H and O–H groups in total. The summed E-state index contributed by atoms with van der Waals surface area (Å²) < 4.78 is 5.59. The molecule has 31 heavy (non-hydrogen) atoms. The predicted octanol–water partition coefficient (Wildman–Crippen LogP) is 4.42. The molecule has 0 bridgehead atoms. The molecule has 1 aliphatic rings. The summed E-state index contributed by atoms with van der Waals surface area (Å²) in [4.78, 5) is 30.7. The Hall–Kier alpha value is -3.72. The molecule has 1 amide bonds. The fourth-order valence-corrected chi connectivity index (χ4v) is 3.99. The number of aryl methyl sites for hydroxylation is 1.